The lowest BCUT2D eigenvalue weighted by atomic mass is 10.1. The van der Waals surface area contributed by atoms with Gasteiger partial charge in [0.05, 0.1) is 6.10 Å². The molecule has 0 bridgehead atoms. The first-order chi connectivity index (χ1) is 5.74. The Morgan fingerprint density at radius 1 is 1.58 bits per heavy atom. The van der Waals surface area contributed by atoms with Crippen LogP contribution in [-0.2, 0) is 0 Å². The molecule has 0 saturated carbocycles. The van der Waals surface area contributed by atoms with E-state index in [1.807, 2.05) is 12.1 Å². The van der Waals surface area contributed by atoms with Crippen LogP contribution >= 0.6 is 11.6 Å². The number of hydrogen-bond acceptors (Lipinski definition) is 1. The van der Waals surface area contributed by atoms with Crippen molar-refractivity contribution in [3.63, 3.8) is 0 Å². The fraction of sp³-hybridized carbons (Fsp3) is 0.200. The normalized spacial score (nSPS) is 12.5. The van der Waals surface area contributed by atoms with Crippen LogP contribution in [0, 0.1) is 0 Å². The van der Waals surface area contributed by atoms with Crippen molar-refractivity contribution < 1.29 is 5.11 Å². The molecule has 0 amide bonds. The van der Waals surface area contributed by atoms with Gasteiger partial charge in [-0.1, -0.05) is 29.8 Å². The third-order valence-electron chi connectivity index (χ3n) is 1.62. The summed E-state index contributed by atoms with van der Waals surface area (Å²) in [6, 6.07) is 7.21. The van der Waals surface area contributed by atoms with Gasteiger partial charge in [-0.05, 0) is 24.1 Å². The molecule has 0 aliphatic carbocycles. The summed E-state index contributed by atoms with van der Waals surface area (Å²) in [7, 11) is 0. The lowest BCUT2D eigenvalue weighted by molar-refractivity contribution is 0.181. The van der Waals surface area contributed by atoms with Crippen molar-refractivity contribution in [1.29, 1.82) is 0 Å². The number of hydrogen-bond donors (Lipinski definition) is 1. The molecule has 0 saturated heterocycles. The van der Waals surface area contributed by atoms with E-state index in [0.717, 1.165) is 5.56 Å². The molecular weight excluding hydrogens is 172 g/mol. The highest BCUT2D eigenvalue weighted by Gasteiger charge is 2.04. The van der Waals surface area contributed by atoms with Gasteiger partial charge in [0.25, 0.3) is 0 Å². The summed E-state index contributed by atoms with van der Waals surface area (Å²) in [5.41, 5.74) is 0.836. The van der Waals surface area contributed by atoms with Crippen molar-refractivity contribution in [1.82, 2.24) is 0 Å². The van der Waals surface area contributed by atoms with Crippen molar-refractivity contribution in [2.45, 2.75) is 12.5 Å². The Morgan fingerprint density at radius 2 is 2.33 bits per heavy atom. The standard InChI is InChI=1S/C10H11ClO/c1-2-4-10(12)8-5-3-6-9(11)7-8/h2-3,5-7,10,12H,1,4H2. The molecule has 64 valence electrons. The topological polar surface area (TPSA) is 20.2 Å². The zero-order valence-corrected chi connectivity index (χ0v) is 7.46. The van der Waals surface area contributed by atoms with E-state index in [2.05, 4.69) is 6.58 Å². The fourth-order valence-corrected chi connectivity index (χ4v) is 1.21. The highest BCUT2D eigenvalue weighted by molar-refractivity contribution is 6.30. The fourth-order valence-electron chi connectivity index (χ4n) is 1.01. The largest absolute Gasteiger partial charge is 0.388 e. The van der Waals surface area contributed by atoms with E-state index in [0.29, 0.717) is 11.4 Å². The van der Waals surface area contributed by atoms with Crippen LogP contribution in [0.1, 0.15) is 18.1 Å². The summed E-state index contributed by atoms with van der Waals surface area (Å²) >= 11 is 5.75. The van der Waals surface area contributed by atoms with Crippen LogP contribution in [0.25, 0.3) is 0 Å². The van der Waals surface area contributed by atoms with E-state index in [1.165, 1.54) is 0 Å². The third-order valence-corrected chi connectivity index (χ3v) is 1.86. The maximum absolute atomic E-state index is 9.52. The van der Waals surface area contributed by atoms with Crippen molar-refractivity contribution in [3.8, 4) is 0 Å². The van der Waals surface area contributed by atoms with Crippen LogP contribution in [0.15, 0.2) is 36.9 Å². The van der Waals surface area contributed by atoms with Crippen molar-refractivity contribution in [2.75, 3.05) is 0 Å². The molecule has 0 heterocycles. The number of halogens is 1. The molecule has 0 fully saturated rings. The molecule has 1 atom stereocenters. The molecule has 1 rings (SSSR count). The number of benzene rings is 1. The van der Waals surface area contributed by atoms with E-state index in [9.17, 15) is 5.11 Å². The Balaban J connectivity index is 2.80. The summed E-state index contributed by atoms with van der Waals surface area (Å²) in [4.78, 5) is 0. The van der Waals surface area contributed by atoms with Crippen LogP contribution in [0.2, 0.25) is 5.02 Å². The van der Waals surface area contributed by atoms with Gasteiger partial charge in [-0.3, -0.25) is 0 Å². The van der Waals surface area contributed by atoms with Crippen LogP contribution in [-0.4, -0.2) is 5.11 Å². The lowest BCUT2D eigenvalue weighted by Crippen LogP contribution is -1.94. The van der Waals surface area contributed by atoms with Gasteiger partial charge in [0.2, 0.25) is 0 Å². The highest BCUT2D eigenvalue weighted by Crippen LogP contribution is 2.19. The molecule has 0 radical (unpaired) electrons. The Labute approximate surface area is 77.3 Å². The second-order valence-corrected chi connectivity index (χ2v) is 3.03. The molecule has 2 heteroatoms. The Morgan fingerprint density at radius 3 is 2.92 bits per heavy atom. The maximum Gasteiger partial charge on any atom is 0.0824 e. The molecule has 0 aliphatic heterocycles. The zero-order chi connectivity index (χ0) is 8.97. The smallest absolute Gasteiger partial charge is 0.0824 e. The summed E-state index contributed by atoms with van der Waals surface area (Å²) in [6.07, 6.45) is 1.76. The minimum Gasteiger partial charge on any atom is -0.388 e. The monoisotopic (exact) mass is 182 g/mol. The number of aliphatic hydroxyl groups excluding tert-OH is 1. The van der Waals surface area contributed by atoms with Gasteiger partial charge >= 0.3 is 0 Å². The van der Waals surface area contributed by atoms with Crippen LogP contribution in [0.5, 0.6) is 0 Å². The van der Waals surface area contributed by atoms with Gasteiger partial charge in [-0.15, -0.1) is 6.58 Å². The van der Waals surface area contributed by atoms with Crippen molar-refractivity contribution in [3.05, 3.63) is 47.5 Å². The second kappa shape index (κ2) is 4.29. The second-order valence-electron chi connectivity index (χ2n) is 2.60. The molecule has 1 aromatic rings. The van der Waals surface area contributed by atoms with E-state index < -0.39 is 6.10 Å². The summed E-state index contributed by atoms with van der Waals surface area (Å²) in [5, 5.41) is 10.2. The number of aliphatic hydroxyl groups is 1. The Bertz CT molecular complexity index is 270. The molecule has 0 aromatic heterocycles. The van der Waals surface area contributed by atoms with Crippen LogP contribution < -0.4 is 0 Å². The van der Waals surface area contributed by atoms with Crippen LogP contribution in [0.4, 0.5) is 0 Å². The van der Waals surface area contributed by atoms with Gasteiger partial charge < -0.3 is 5.11 Å². The Hall–Kier alpha value is -0.790. The minimum absolute atomic E-state index is 0.485. The van der Waals surface area contributed by atoms with E-state index in [-0.39, 0.29) is 0 Å². The van der Waals surface area contributed by atoms with Gasteiger partial charge in [0, 0.05) is 5.02 Å². The molecular formula is C10H11ClO. The Kier molecular flexibility index (Phi) is 3.32. The van der Waals surface area contributed by atoms with Crippen molar-refractivity contribution in [2.24, 2.45) is 0 Å². The van der Waals surface area contributed by atoms with E-state index in [4.69, 9.17) is 11.6 Å². The molecule has 0 spiro atoms. The minimum atomic E-state index is -0.485. The van der Waals surface area contributed by atoms with Gasteiger partial charge in [-0.2, -0.15) is 0 Å². The predicted octanol–water partition coefficient (Wildman–Crippen LogP) is 2.95. The molecule has 1 aromatic carbocycles. The highest BCUT2D eigenvalue weighted by atomic mass is 35.5. The quantitative estimate of drug-likeness (QED) is 0.713. The number of rotatable bonds is 3. The first-order valence-electron chi connectivity index (χ1n) is 3.78. The lowest BCUT2D eigenvalue weighted by Gasteiger charge is -2.07. The molecule has 1 unspecified atom stereocenters. The average Bonchev–Trinajstić information content (AvgIpc) is 2.05. The summed E-state index contributed by atoms with van der Waals surface area (Å²) in [6.45, 7) is 3.56. The SMILES string of the molecule is C=CCC(O)c1cccc(Cl)c1. The van der Waals surface area contributed by atoms with E-state index in [1.54, 1.807) is 18.2 Å². The first kappa shape index (κ1) is 9.30. The summed E-state index contributed by atoms with van der Waals surface area (Å²) in [5.74, 6) is 0. The van der Waals surface area contributed by atoms with Gasteiger partial charge in [0.1, 0.15) is 0 Å². The first-order valence-corrected chi connectivity index (χ1v) is 4.16. The zero-order valence-electron chi connectivity index (χ0n) is 6.70. The molecule has 12 heavy (non-hydrogen) atoms. The summed E-state index contributed by atoms with van der Waals surface area (Å²) < 4.78 is 0. The van der Waals surface area contributed by atoms with Crippen molar-refractivity contribution >= 4 is 11.6 Å². The van der Waals surface area contributed by atoms with E-state index >= 15 is 0 Å². The predicted molar refractivity (Wildman–Crippen MR) is 51.2 cm³/mol. The molecule has 1 N–H and O–H groups in total. The molecule has 1 nitrogen and oxygen atoms in total. The maximum atomic E-state index is 9.52. The average molecular weight is 183 g/mol. The van der Waals surface area contributed by atoms with Crippen LogP contribution in [0.3, 0.4) is 0 Å². The third kappa shape index (κ3) is 2.36. The molecule has 0 aliphatic rings. The van der Waals surface area contributed by atoms with Gasteiger partial charge in [0.15, 0.2) is 0 Å². The van der Waals surface area contributed by atoms with Gasteiger partial charge in [-0.25, -0.2) is 0 Å².